The van der Waals surface area contributed by atoms with Crippen molar-refractivity contribution < 1.29 is 4.89 Å². The molecule has 0 aliphatic carbocycles. The molecule has 4 heavy (non-hydrogen) atoms. The molecule has 1 radical (unpaired) electrons. The van der Waals surface area contributed by atoms with Crippen molar-refractivity contribution in [1.82, 2.24) is 0 Å². The number of hydrogen-bond acceptors (Lipinski definition) is 2. The van der Waals surface area contributed by atoms with Crippen LogP contribution in [0, 0.1) is 0 Å². The zero-order valence-corrected chi connectivity index (χ0v) is 5.10. The van der Waals surface area contributed by atoms with E-state index in [9.17, 15) is 4.89 Å². The minimum absolute atomic E-state index is 1.41. The maximum atomic E-state index is 9.35. The van der Waals surface area contributed by atoms with Crippen LogP contribution in [0.3, 0.4) is 0 Å². The van der Waals surface area contributed by atoms with Gasteiger partial charge in [-0.3, -0.25) is 0 Å². The van der Waals surface area contributed by atoms with Gasteiger partial charge < -0.3 is 0 Å². The van der Waals surface area contributed by atoms with Crippen molar-refractivity contribution in [2.45, 2.75) is 0 Å². The van der Waals surface area contributed by atoms with E-state index in [4.69, 9.17) is 0 Å². The Labute approximate surface area is 38.3 Å². The monoisotopic (exact) mass is 159 g/mol. The zero-order chi connectivity index (χ0) is 3.58. The van der Waals surface area contributed by atoms with Crippen molar-refractivity contribution in [2.24, 2.45) is 0 Å². The van der Waals surface area contributed by atoms with Crippen LogP contribution in [0.25, 0.3) is 0 Å². The van der Waals surface area contributed by atoms with Crippen LogP contribution in [0.2, 0.25) is 0 Å². The molecule has 0 heterocycles. The second-order valence-corrected chi connectivity index (χ2v) is 5.32. The Bertz CT molecular complexity index is 31.0. The van der Waals surface area contributed by atoms with Crippen LogP contribution in [-0.4, -0.2) is 15.6 Å². The predicted octanol–water partition coefficient (Wildman–Crippen LogP) is -0.711. The molecule has 0 N–H and O–H groups in total. The van der Waals surface area contributed by atoms with Gasteiger partial charge in [-0.2, -0.15) is 0 Å². The van der Waals surface area contributed by atoms with Gasteiger partial charge in [0.15, 0.2) is 0 Å². The first-order valence-electron chi connectivity index (χ1n) is 0.548. The Morgan fingerprint density at radius 3 is 2.00 bits per heavy atom. The Kier molecular flexibility index (Phi) is 2.81. The van der Waals surface area contributed by atoms with Gasteiger partial charge >= 0.3 is 37.9 Å². The van der Waals surface area contributed by atoms with E-state index < -0.39 is 5.61 Å². The van der Waals surface area contributed by atoms with E-state index in [0.717, 1.165) is 0 Å². The molecule has 1 atom stereocenters. The third kappa shape index (κ3) is 12.0. The van der Waals surface area contributed by atoms with Crippen LogP contribution >= 0.6 is 5.61 Å². The molecule has 0 fully saturated rings. The molecule has 1 unspecified atom stereocenters. The SMILES string of the molecule is [O-][P+](=S)[Se]. The van der Waals surface area contributed by atoms with E-state index in [1.807, 2.05) is 0 Å². The fourth-order valence-corrected chi connectivity index (χ4v) is 0. The fraction of sp³-hybridized carbons (Fsp3) is 0. The Balaban J connectivity index is 2.80. The third-order valence-corrected chi connectivity index (χ3v) is 0. The molecule has 0 aliphatic heterocycles. The standard InChI is InChI=1S/OPSSe/c1-2(3)4. The first-order valence-corrected chi connectivity index (χ1v) is 5.04. The summed E-state index contributed by atoms with van der Waals surface area (Å²) in [5.74, 6) is 0. The quantitative estimate of drug-likeness (QED) is 0.343. The Morgan fingerprint density at radius 2 is 2.00 bits per heavy atom. The summed E-state index contributed by atoms with van der Waals surface area (Å²) in [6.45, 7) is 0. The van der Waals surface area contributed by atoms with E-state index in [2.05, 4.69) is 27.4 Å². The maximum absolute atomic E-state index is 9.35. The van der Waals surface area contributed by atoms with Crippen molar-refractivity contribution in [1.29, 1.82) is 0 Å². The van der Waals surface area contributed by atoms with Crippen LogP contribution in [0.5, 0.6) is 0 Å². The van der Waals surface area contributed by atoms with Crippen molar-refractivity contribution in [3.8, 4) is 0 Å². The van der Waals surface area contributed by atoms with Crippen molar-refractivity contribution >= 4 is 33.0 Å². The van der Waals surface area contributed by atoms with Crippen LogP contribution in [0.1, 0.15) is 0 Å². The summed E-state index contributed by atoms with van der Waals surface area (Å²) in [5.41, 5.74) is -1.41. The number of hydrogen-bond donors (Lipinski definition) is 0. The Morgan fingerprint density at radius 1 is 2.00 bits per heavy atom. The molecular weight excluding hydrogens is 158 g/mol. The molecule has 0 spiro atoms. The van der Waals surface area contributed by atoms with Gasteiger partial charge in [-0.15, -0.1) is 0 Å². The van der Waals surface area contributed by atoms with E-state index in [0.29, 0.717) is 0 Å². The molecular formula is OPSSe. The summed E-state index contributed by atoms with van der Waals surface area (Å²) >= 11 is 6.30. The van der Waals surface area contributed by atoms with E-state index in [1.54, 1.807) is 0 Å². The van der Waals surface area contributed by atoms with Gasteiger partial charge in [0, 0.05) is 0 Å². The average molecular weight is 158 g/mol. The minimum atomic E-state index is -1.41. The molecule has 4 heteroatoms. The fourth-order valence-electron chi connectivity index (χ4n) is 0. The van der Waals surface area contributed by atoms with Crippen LogP contribution in [0.4, 0.5) is 0 Å². The molecule has 0 saturated heterocycles. The zero-order valence-electron chi connectivity index (χ0n) is 1.67. The second kappa shape index (κ2) is 2.25. The summed E-state index contributed by atoms with van der Waals surface area (Å²) in [5, 5.41) is 0. The summed E-state index contributed by atoms with van der Waals surface area (Å²) in [7, 11) is 0. The molecule has 1 nitrogen and oxygen atoms in total. The Hall–Kier alpha value is 0.999. The molecule has 23 valence electrons. The molecule has 0 aromatic rings. The van der Waals surface area contributed by atoms with Crippen molar-refractivity contribution in [3.05, 3.63) is 0 Å². The van der Waals surface area contributed by atoms with Gasteiger partial charge in [0.1, 0.15) is 0 Å². The van der Waals surface area contributed by atoms with Gasteiger partial charge in [-0.05, 0) is 0 Å². The molecule has 0 saturated carbocycles. The summed E-state index contributed by atoms with van der Waals surface area (Å²) < 4.78 is 0. The molecule has 0 aromatic carbocycles. The van der Waals surface area contributed by atoms with Gasteiger partial charge in [0.05, 0.1) is 0 Å². The summed E-state index contributed by atoms with van der Waals surface area (Å²) in [4.78, 5) is 9.35. The molecule has 0 aliphatic rings. The molecule has 0 aromatic heterocycles. The summed E-state index contributed by atoms with van der Waals surface area (Å²) in [6.07, 6.45) is 0. The van der Waals surface area contributed by atoms with Crippen molar-refractivity contribution in [2.75, 3.05) is 0 Å². The average Bonchev–Trinajstić information content (AvgIpc) is 0.811. The van der Waals surface area contributed by atoms with Gasteiger partial charge in [-0.1, -0.05) is 0 Å². The first-order chi connectivity index (χ1) is 1.73. The first kappa shape index (κ1) is 5.00. The number of rotatable bonds is 0. The van der Waals surface area contributed by atoms with Crippen LogP contribution < -0.4 is 4.89 Å². The van der Waals surface area contributed by atoms with Crippen LogP contribution in [0.15, 0.2) is 0 Å². The van der Waals surface area contributed by atoms with E-state index >= 15 is 0 Å². The topological polar surface area (TPSA) is 23.1 Å². The van der Waals surface area contributed by atoms with E-state index in [1.165, 1.54) is 0 Å². The normalized spacial score (nSPS) is 11.0. The third-order valence-electron chi connectivity index (χ3n) is 0. The van der Waals surface area contributed by atoms with Gasteiger partial charge in [0.2, 0.25) is 0 Å². The second-order valence-electron chi connectivity index (χ2n) is 0.224. The van der Waals surface area contributed by atoms with Crippen molar-refractivity contribution in [3.63, 3.8) is 0 Å². The van der Waals surface area contributed by atoms with E-state index in [-0.39, 0.29) is 0 Å². The molecule has 0 amide bonds. The van der Waals surface area contributed by atoms with Crippen LogP contribution in [-0.2, 0) is 11.8 Å². The predicted molar refractivity (Wildman–Crippen MR) is 20.0 cm³/mol. The molecule has 0 bridgehead atoms. The molecule has 0 rings (SSSR count). The van der Waals surface area contributed by atoms with Gasteiger partial charge in [0.25, 0.3) is 0 Å². The summed E-state index contributed by atoms with van der Waals surface area (Å²) in [6, 6.07) is 0. The van der Waals surface area contributed by atoms with Gasteiger partial charge in [-0.25, -0.2) is 0 Å².